The molecule has 0 spiro atoms. The van der Waals surface area contributed by atoms with Crippen LogP contribution in [-0.2, 0) is 23.7 Å². The first-order valence-corrected chi connectivity index (χ1v) is 13.4. The van der Waals surface area contributed by atoms with Gasteiger partial charge in [0.05, 0.1) is 30.8 Å². The number of amides is 2. The molecule has 1 fully saturated rings. The van der Waals surface area contributed by atoms with Crippen molar-refractivity contribution in [3.05, 3.63) is 54.2 Å². The molecule has 0 saturated carbocycles. The number of hydrogen-bond acceptors (Lipinski definition) is 9. The molecule has 40 heavy (non-hydrogen) atoms. The van der Waals surface area contributed by atoms with Crippen LogP contribution in [0.15, 0.2) is 48.5 Å². The largest absolute Gasteiger partial charge is 0.622 e. The fourth-order valence-electron chi connectivity index (χ4n) is 4.24. The first-order valence-electron chi connectivity index (χ1n) is 13.4. The predicted octanol–water partition coefficient (Wildman–Crippen LogP) is 1.60. The molecule has 2 aromatic rings. The minimum atomic E-state index is -1.37. The zero-order valence-electron chi connectivity index (χ0n) is 23.5. The average Bonchev–Trinajstić information content (AvgIpc) is 2.89. The van der Waals surface area contributed by atoms with E-state index in [1.54, 1.807) is 17.0 Å². The number of nitrogens with zero attached hydrogens (tertiary/aromatic N) is 2. The van der Waals surface area contributed by atoms with Crippen LogP contribution in [-0.4, -0.2) is 83.1 Å². The lowest BCUT2D eigenvalue weighted by Crippen LogP contribution is -2.60. The molecular formula is C28H37BN4O7. The standard InChI is InChI=1S/C28H37BN4O7/c1-17(2)14-23(29-39-24(35)15-33(18(3)4)16-25(36)40-29)31-28(38)26(19(5)34)32-27(37)22-13-9-12-21(30-22)20-10-7-6-8-11-20/h6-13,17-19,23,26,34H,14-16H2,1-5H3,(H,31,38)(H,32,37)/t19-,23+,26+/m1/s1. The molecule has 214 valence electrons. The summed E-state index contributed by atoms with van der Waals surface area (Å²) in [5.41, 5.74) is 1.46. The summed E-state index contributed by atoms with van der Waals surface area (Å²) in [5.74, 6) is -3.48. The molecule has 2 amide bonds. The summed E-state index contributed by atoms with van der Waals surface area (Å²) in [4.78, 5) is 57.5. The molecule has 11 nitrogen and oxygen atoms in total. The number of nitrogens with one attached hydrogen (secondary N) is 2. The van der Waals surface area contributed by atoms with Gasteiger partial charge in [-0.2, -0.15) is 0 Å². The van der Waals surface area contributed by atoms with E-state index in [2.05, 4.69) is 15.6 Å². The topological polar surface area (TPSA) is 147 Å². The van der Waals surface area contributed by atoms with E-state index in [0.29, 0.717) is 12.1 Å². The van der Waals surface area contributed by atoms with E-state index < -0.39 is 49.0 Å². The summed E-state index contributed by atoms with van der Waals surface area (Å²) in [5, 5.41) is 15.7. The van der Waals surface area contributed by atoms with E-state index in [-0.39, 0.29) is 30.7 Å². The van der Waals surface area contributed by atoms with Gasteiger partial charge < -0.3 is 25.0 Å². The molecule has 3 atom stereocenters. The van der Waals surface area contributed by atoms with Crippen LogP contribution in [0.2, 0.25) is 0 Å². The van der Waals surface area contributed by atoms with Crippen molar-refractivity contribution >= 4 is 30.9 Å². The lowest BCUT2D eigenvalue weighted by Gasteiger charge is -2.32. The van der Waals surface area contributed by atoms with E-state index in [4.69, 9.17) is 9.31 Å². The molecule has 1 saturated heterocycles. The van der Waals surface area contributed by atoms with Crippen LogP contribution in [0.3, 0.4) is 0 Å². The van der Waals surface area contributed by atoms with Gasteiger partial charge in [-0.05, 0) is 45.2 Å². The van der Waals surface area contributed by atoms with Crippen LogP contribution < -0.4 is 10.6 Å². The van der Waals surface area contributed by atoms with E-state index in [0.717, 1.165) is 5.56 Å². The van der Waals surface area contributed by atoms with Crippen molar-refractivity contribution in [3.63, 3.8) is 0 Å². The number of hydrogen-bond donors (Lipinski definition) is 3. The summed E-state index contributed by atoms with van der Waals surface area (Å²) in [6.07, 6.45) is -0.977. The Bertz CT molecular complexity index is 1170. The van der Waals surface area contributed by atoms with Gasteiger partial charge in [-0.15, -0.1) is 0 Å². The van der Waals surface area contributed by atoms with Gasteiger partial charge in [-0.25, -0.2) is 4.98 Å². The van der Waals surface area contributed by atoms with Gasteiger partial charge >= 0.3 is 19.1 Å². The third-order valence-electron chi connectivity index (χ3n) is 6.37. The zero-order valence-corrected chi connectivity index (χ0v) is 23.5. The SMILES string of the molecule is CC(C)C[C@H](NC(=O)[C@@H](NC(=O)c1cccc(-c2ccccc2)n1)[C@@H](C)O)B1OC(=O)CN(C(C)C)CC(=O)O1. The molecule has 1 aromatic carbocycles. The Labute approximate surface area is 234 Å². The van der Waals surface area contributed by atoms with Crippen LogP contribution in [0, 0.1) is 5.92 Å². The number of aliphatic hydroxyl groups excluding tert-OH is 1. The molecule has 0 bridgehead atoms. The minimum Gasteiger partial charge on any atom is -0.497 e. The van der Waals surface area contributed by atoms with Crippen molar-refractivity contribution in [3.8, 4) is 11.3 Å². The van der Waals surface area contributed by atoms with Gasteiger partial charge in [0.1, 0.15) is 11.7 Å². The van der Waals surface area contributed by atoms with Crippen LogP contribution in [0.5, 0.6) is 0 Å². The maximum Gasteiger partial charge on any atom is 0.622 e. The van der Waals surface area contributed by atoms with Crippen molar-refractivity contribution in [2.24, 2.45) is 5.92 Å². The van der Waals surface area contributed by atoms with Crippen molar-refractivity contribution in [2.75, 3.05) is 13.1 Å². The molecule has 3 rings (SSSR count). The molecule has 12 heteroatoms. The zero-order chi connectivity index (χ0) is 29.4. The summed E-state index contributed by atoms with van der Waals surface area (Å²) in [6, 6.07) is 12.8. The van der Waals surface area contributed by atoms with Crippen LogP contribution in [0.25, 0.3) is 11.3 Å². The molecule has 0 radical (unpaired) electrons. The molecular weight excluding hydrogens is 515 g/mol. The lowest BCUT2D eigenvalue weighted by molar-refractivity contribution is -0.148. The number of carbonyl (C=O) groups excluding carboxylic acids is 4. The Kier molecular flexibility index (Phi) is 10.8. The van der Waals surface area contributed by atoms with Crippen molar-refractivity contribution in [1.29, 1.82) is 0 Å². The highest BCUT2D eigenvalue weighted by atomic mass is 16.6. The van der Waals surface area contributed by atoms with Gasteiger partial charge in [0, 0.05) is 11.6 Å². The van der Waals surface area contributed by atoms with E-state index in [1.807, 2.05) is 58.0 Å². The van der Waals surface area contributed by atoms with Gasteiger partial charge in [0.25, 0.3) is 5.91 Å². The van der Waals surface area contributed by atoms with Crippen LogP contribution in [0.1, 0.15) is 51.5 Å². The lowest BCUT2D eigenvalue weighted by atomic mass is 9.73. The molecule has 1 aromatic heterocycles. The second-order valence-electron chi connectivity index (χ2n) is 10.6. The average molecular weight is 552 g/mol. The quantitative estimate of drug-likeness (QED) is 0.374. The monoisotopic (exact) mass is 552 g/mol. The summed E-state index contributed by atoms with van der Waals surface area (Å²) in [7, 11) is -1.37. The van der Waals surface area contributed by atoms with Crippen LogP contribution in [0.4, 0.5) is 0 Å². The van der Waals surface area contributed by atoms with Crippen molar-refractivity contribution in [1.82, 2.24) is 20.5 Å². The molecule has 1 aliphatic heterocycles. The van der Waals surface area contributed by atoms with Gasteiger partial charge in [-0.1, -0.05) is 50.2 Å². The fraction of sp³-hybridized carbons (Fsp3) is 0.464. The number of pyridine rings is 1. The third kappa shape index (κ3) is 8.62. The van der Waals surface area contributed by atoms with Crippen LogP contribution >= 0.6 is 0 Å². The summed E-state index contributed by atoms with van der Waals surface area (Å²) < 4.78 is 10.9. The van der Waals surface area contributed by atoms with Crippen molar-refractivity contribution < 1.29 is 33.6 Å². The number of carbonyl (C=O) groups is 4. The van der Waals surface area contributed by atoms with Gasteiger partial charge in [0.15, 0.2) is 0 Å². The maximum atomic E-state index is 13.3. The predicted molar refractivity (Wildman–Crippen MR) is 149 cm³/mol. The Balaban J connectivity index is 1.76. The van der Waals surface area contributed by atoms with E-state index in [1.165, 1.54) is 13.0 Å². The smallest absolute Gasteiger partial charge is 0.497 e. The molecule has 1 aliphatic rings. The van der Waals surface area contributed by atoms with Gasteiger partial charge in [0.2, 0.25) is 5.91 Å². The summed E-state index contributed by atoms with van der Waals surface area (Å²) >= 11 is 0. The second-order valence-corrected chi connectivity index (χ2v) is 10.6. The Morgan fingerprint density at radius 2 is 1.57 bits per heavy atom. The maximum absolute atomic E-state index is 13.3. The molecule has 2 heterocycles. The van der Waals surface area contributed by atoms with E-state index >= 15 is 0 Å². The Hall–Kier alpha value is -3.77. The molecule has 0 aliphatic carbocycles. The van der Waals surface area contributed by atoms with Gasteiger partial charge in [-0.3, -0.25) is 24.1 Å². The fourth-order valence-corrected chi connectivity index (χ4v) is 4.24. The second kappa shape index (κ2) is 14.0. The number of aliphatic hydroxyl groups is 1. The Morgan fingerprint density at radius 3 is 2.12 bits per heavy atom. The highest BCUT2D eigenvalue weighted by Gasteiger charge is 2.43. The normalized spacial score (nSPS) is 16.9. The first kappa shape index (κ1) is 30.8. The first-order chi connectivity index (χ1) is 18.9. The highest BCUT2D eigenvalue weighted by Crippen LogP contribution is 2.17. The molecule has 0 unspecified atom stereocenters. The molecule has 3 N–H and O–H groups in total. The third-order valence-corrected chi connectivity index (χ3v) is 6.37. The van der Waals surface area contributed by atoms with Crippen molar-refractivity contribution in [2.45, 2.75) is 65.2 Å². The number of benzene rings is 1. The summed E-state index contributed by atoms with van der Waals surface area (Å²) in [6.45, 7) is 8.64. The highest BCUT2D eigenvalue weighted by molar-refractivity contribution is 6.51. The number of rotatable bonds is 10. The number of aromatic nitrogens is 1. The Morgan fingerprint density at radius 1 is 0.950 bits per heavy atom. The van der Waals surface area contributed by atoms with E-state index in [9.17, 15) is 24.3 Å². The minimum absolute atomic E-state index is 0.0184.